The number of rotatable bonds is 9. The Bertz CT molecular complexity index is 856. The van der Waals surface area contributed by atoms with Crippen LogP contribution in [0.25, 0.3) is 0 Å². The van der Waals surface area contributed by atoms with Gasteiger partial charge in [0.1, 0.15) is 12.3 Å². The molecule has 1 aliphatic heterocycles. The SMILES string of the molecule is CNCc1ccc(CCN2CCCCC2OC(c2ccccc2)c2ccccc2)cc1. The molecule has 3 aromatic rings. The van der Waals surface area contributed by atoms with Crippen molar-refractivity contribution in [1.82, 2.24) is 10.2 Å². The van der Waals surface area contributed by atoms with Crippen molar-refractivity contribution in [1.29, 1.82) is 0 Å². The third kappa shape index (κ3) is 6.04. The van der Waals surface area contributed by atoms with Gasteiger partial charge in [0.2, 0.25) is 0 Å². The Balaban J connectivity index is 1.45. The second-order valence-corrected chi connectivity index (χ2v) is 8.42. The van der Waals surface area contributed by atoms with Gasteiger partial charge in [-0.15, -0.1) is 0 Å². The molecule has 0 spiro atoms. The van der Waals surface area contributed by atoms with E-state index in [0.29, 0.717) is 0 Å². The average molecular weight is 415 g/mol. The van der Waals surface area contributed by atoms with Gasteiger partial charge in [0.15, 0.2) is 0 Å². The first kappa shape index (κ1) is 21.8. The second kappa shape index (κ2) is 11.2. The first-order valence-electron chi connectivity index (χ1n) is 11.6. The maximum Gasteiger partial charge on any atom is 0.111 e. The highest BCUT2D eigenvalue weighted by atomic mass is 16.5. The molecule has 0 radical (unpaired) electrons. The van der Waals surface area contributed by atoms with Crippen LogP contribution < -0.4 is 5.32 Å². The number of hydrogen-bond acceptors (Lipinski definition) is 3. The van der Waals surface area contributed by atoms with Crippen molar-refractivity contribution in [3.8, 4) is 0 Å². The normalized spacial score (nSPS) is 17.2. The van der Waals surface area contributed by atoms with E-state index in [1.54, 1.807) is 0 Å². The zero-order valence-electron chi connectivity index (χ0n) is 18.5. The standard InChI is InChI=1S/C28H34N2O/c1-29-22-24-17-15-23(16-18-24)19-21-30-20-9-8-14-27(30)31-28(25-10-4-2-5-11-25)26-12-6-3-7-13-26/h2-7,10-13,15-18,27-29H,8-9,14,19-22H2,1H3. The molecule has 0 aliphatic carbocycles. The minimum atomic E-state index is -0.0335. The molecular formula is C28H34N2O. The van der Waals surface area contributed by atoms with E-state index in [0.717, 1.165) is 32.5 Å². The van der Waals surface area contributed by atoms with Gasteiger partial charge in [-0.3, -0.25) is 4.90 Å². The molecule has 0 amide bonds. The van der Waals surface area contributed by atoms with Crippen LogP contribution >= 0.6 is 0 Å². The van der Waals surface area contributed by atoms with Gasteiger partial charge in [0.25, 0.3) is 0 Å². The van der Waals surface area contributed by atoms with Crippen LogP contribution in [0, 0.1) is 0 Å². The molecule has 1 saturated heterocycles. The van der Waals surface area contributed by atoms with Crippen LogP contribution in [0.3, 0.4) is 0 Å². The van der Waals surface area contributed by atoms with Crippen molar-refractivity contribution >= 4 is 0 Å². The Morgan fingerprint density at radius 1 is 0.839 bits per heavy atom. The number of likely N-dealkylation sites (tertiary alicyclic amines) is 1. The Kier molecular flexibility index (Phi) is 7.89. The summed E-state index contributed by atoms with van der Waals surface area (Å²) < 4.78 is 6.83. The molecule has 0 aromatic heterocycles. The van der Waals surface area contributed by atoms with Gasteiger partial charge in [-0.2, -0.15) is 0 Å². The van der Waals surface area contributed by atoms with Crippen LogP contribution in [-0.4, -0.2) is 31.3 Å². The Morgan fingerprint density at radius 2 is 1.45 bits per heavy atom. The molecule has 1 aliphatic rings. The van der Waals surface area contributed by atoms with E-state index in [1.807, 2.05) is 7.05 Å². The van der Waals surface area contributed by atoms with E-state index in [1.165, 1.54) is 35.1 Å². The van der Waals surface area contributed by atoms with E-state index in [4.69, 9.17) is 4.74 Å². The lowest BCUT2D eigenvalue weighted by molar-refractivity contribution is -0.105. The van der Waals surface area contributed by atoms with Gasteiger partial charge in [-0.1, -0.05) is 84.9 Å². The Hall–Kier alpha value is -2.46. The molecule has 162 valence electrons. The highest BCUT2D eigenvalue weighted by Gasteiger charge is 2.27. The van der Waals surface area contributed by atoms with Gasteiger partial charge >= 0.3 is 0 Å². The molecule has 1 fully saturated rings. The molecule has 31 heavy (non-hydrogen) atoms. The fourth-order valence-corrected chi connectivity index (χ4v) is 4.43. The Labute approximate surface area is 187 Å². The molecule has 1 unspecified atom stereocenters. The van der Waals surface area contributed by atoms with Crippen molar-refractivity contribution in [3.63, 3.8) is 0 Å². The summed E-state index contributed by atoms with van der Waals surface area (Å²) in [6, 6.07) is 30.3. The van der Waals surface area contributed by atoms with Crippen molar-refractivity contribution in [3.05, 3.63) is 107 Å². The van der Waals surface area contributed by atoms with Gasteiger partial charge < -0.3 is 10.1 Å². The van der Waals surface area contributed by atoms with Crippen molar-refractivity contribution in [2.75, 3.05) is 20.1 Å². The third-order valence-electron chi connectivity index (χ3n) is 6.14. The smallest absolute Gasteiger partial charge is 0.111 e. The summed E-state index contributed by atoms with van der Waals surface area (Å²) in [6.45, 7) is 3.06. The number of piperidine rings is 1. The van der Waals surface area contributed by atoms with Gasteiger partial charge in [-0.25, -0.2) is 0 Å². The lowest BCUT2D eigenvalue weighted by atomic mass is 10.0. The van der Waals surface area contributed by atoms with E-state index in [2.05, 4.69) is 95.1 Å². The topological polar surface area (TPSA) is 24.5 Å². The lowest BCUT2D eigenvalue weighted by Gasteiger charge is -2.38. The molecule has 4 rings (SSSR count). The van der Waals surface area contributed by atoms with Crippen LogP contribution in [-0.2, 0) is 17.7 Å². The molecule has 0 bridgehead atoms. The zero-order chi connectivity index (χ0) is 21.3. The van der Waals surface area contributed by atoms with E-state index in [9.17, 15) is 0 Å². The minimum absolute atomic E-state index is 0.0335. The van der Waals surface area contributed by atoms with Crippen molar-refractivity contribution in [2.24, 2.45) is 0 Å². The quantitative estimate of drug-likeness (QED) is 0.496. The monoisotopic (exact) mass is 414 g/mol. The number of benzene rings is 3. The average Bonchev–Trinajstić information content (AvgIpc) is 2.84. The predicted molar refractivity (Wildman–Crippen MR) is 128 cm³/mol. The summed E-state index contributed by atoms with van der Waals surface area (Å²) in [5, 5.41) is 3.21. The number of nitrogens with one attached hydrogen (secondary N) is 1. The highest BCUT2D eigenvalue weighted by molar-refractivity contribution is 5.30. The van der Waals surface area contributed by atoms with Crippen LogP contribution in [0.4, 0.5) is 0 Å². The van der Waals surface area contributed by atoms with E-state index >= 15 is 0 Å². The summed E-state index contributed by atoms with van der Waals surface area (Å²) >= 11 is 0. The zero-order valence-corrected chi connectivity index (χ0v) is 18.5. The fourth-order valence-electron chi connectivity index (χ4n) is 4.43. The number of nitrogens with zero attached hydrogens (tertiary/aromatic N) is 1. The number of hydrogen-bond donors (Lipinski definition) is 1. The van der Waals surface area contributed by atoms with Gasteiger partial charge in [0.05, 0.1) is 0 Å². The first-order chi connectivity index (χ1) is 15.3. The third-order valence-corrected chi connectivity index (χ3v) is 6.14. The van der Waals surface area contributed by atoms with E-state index < -0.39 is 0 Å². The molecular weight excluding hydrogens is 380 g/mol. The summed E-state index contributed by atoms with van der Waals surface area (Å²) in [6.07, 6.45) is 4.76. The van der Waals surface area contributed by atoms with Crippen molar-refractivity contribution in [2.45, 2.75) is 44.6 Å². The molecule has 0 saturated carbocycles. The minimum Gasteiger partial charge on any atom is -0.350 e. The summed E-state index contributed by atoms with van der Waals surface area (Å²) in [4.78, 5) is 2.55. The maximum absolute atomic E-state index is 6.83. The second-order valence-electron chi connectivity index (χ2n) is 8.42. The Morgan fingerprint density at radius 3 is 2.06 bits per heavy atom. The predicted octanol–water partition coefficient (Wildman–Crippen LogP) is 5.57. The molecule has 3 heteroatoms. The summed E-state index contributed by atoms with van der Waals surface area (Å²) in [5.74, 6) is 0. The molecule has 1 heterocycles. The molecule has 3 aromatic carbocycles. The summed E-state index contributed by atoms with van der Waals surface area (Å²) in [7, 11) is 1.99. The van der Waals surface area contributed by atoms with Gasteiger partial charge in [-0.05, 0) is 55.0 Å². The molecule has 1 N–H and O–H groups in total. The van der Waals surface area contributed by atoms with Crippen LogP contribution in [0.2, 0.25) is 0 Å². The van der Waals surface area contributed by atoms with E-state index in [-0.39, 0.29) is 12.3 Å². The molecule has 1 atom stereocenters. The van der Waals surface area contributed by atoms with Crippen molar-refractivity contribution < 1.29 is 4.74 Å². The molecule has 3 nitrogen and oxygen atoms in total. The maximum atomic E-state index is 6.83. The lowest BCUT2D eigenvalue weighted by Crippen LogP contribution is -2.43. The van der Waals surface area contributed by atoms with Crippen LogP contribution in [0.5, 0.6) is 0 Å². The van der Waals surface area contributed by atoms with Crippen LogP contribution in [0.1, 0.15) is 47.6 Å². The summed E-state index contributed by atoms with van der Waals surface area (Å²) in [5.41, 5.74) is 5.17. The van der Waals surface area contributed by atoms with Crippen LogP contribution in [0.15, 0.2) is 84.9 Å². The largest absolute Gasteiger partial charge is 0.350 e. The number of ether oxygens (including phenoxy) is 1. The highest BCUT2D eigenvalue weighted by Crippen LogP contribution is 2.31. The first-order valence-corrected chi connectivity index (χ1v) is 11.6. The van der Waals surface area contributed by atoms with Gasteiger partial charge in [0, 0.05) is 19.6 Å². The fraction of sp³-hybridized carbons (Fsp3) is 0.357.